The molecule has 1 aromatic heterocycles. The first-order chi connectivity index (χ1) is 9.77. The average Bonchev–Trinajstić information content (AvgIpc) is 3.10. The molecule has 0 radical (unpaired) electrons. The number of hydrogen-bond acceptors (Lipinski definition) is 4. The van der Waals surface area contributed by atoms with Gasteiger partial charge in [0.1, 0.15) is 0 Å². The van der Waals surface area contributed by atoms with Crippen LogP contribution < -0.4 is 10.2 Å². The summed E-state index contributed by atoms with van der Waals surface area (Å²) in [5.74, 6) is 0.741. The number of rotatable bonds is 7. The Morgan fingerprint density at radius 2 is 2.00 bits per heavy atom. The van der Waals surface area contributed by atoms with Gasteiger partial charge in [0, 0.05) is 36.5 Å². The van der Waals surface area contributed by atoms with E-state index in [1.165, 1.54) is 35.0 Å². The fourth-order valence-corrected chi connectivity index (χ4v) is 3.49. The Morgan fingerprint density at radius 3 is 2.52 bits per heavy atom. The van der Waals surface area contributed by atoms with E-state index in [0.717, 1.165) is 25.0 Å². The second-order valence-corrected chi connectivity index (χ2v) is 8.84. The van der Waals surface area contributed by atoms with Crippen molar-refractivity contribution in [2.45, 2.75) is 71.9 Å². The molecule has 21 heavy (non-hydrogen) atoms. The number of aromatic nitrogens is 1. The topological polar surface area (TPSA) is 28.2 Å². The molecule has 0 aliphatic heterocycles. The van der Waals surface area contributed by atoms with Crippen molar-refractivity contribution >= 4 is 16.5 Å². The standard InChI is InChI=1S/C17H31N3S/c1-12(2)9-10-20(6)16-19-15(17(3,4)5)14(21-16)11-18-13-7-8-13/h12-13,18H,7-11H2,1-6H3. The first-order valence-corrected chi connectivity index (χ1v) is 9.03. The normalized spacial score (nSPS) is 15.8. The molecule has 0 unspecified atom stereocenters. The third-order valence-electron chi connectivity index (χ3n) is 3.89. The van der Waals surface area contributed by atoms with Gasteiger partial charge in [0.05, 0.1) is 5.69 Å². The van der Waals surface area contributed by atoms with Gasteiger partial charge in [0.25, 0.3) is 0 Å². The fraction of sp³-hybridized carbons (Fsp3) is 0.824. The molecular weight excluding hydrogens is 278 g/mol. The zero-order valence-electron chi connectivity index (χ0n) is 14.5. The molecule has 1 fully saturated rings. The van der Waals surface area contributed by atoms with E-state index in [4.69, 9.17) is 4.98 Å². The zero-order valence-corrected chi connectivity index (χ0v) is 15.3. The van der Waals surface area contributed by atoms with Crippen molar-refractivity contribution in [1.29, 1.82) is 0 Å². The van der Waals surface area contributed by atoms with Crippen LogP contribution in [0.5, 0.6) is 0 Å². The van der Waals surface area contributed by atoms with Crippen LogP contribution in [-0.2, 0) is 12.0 Å². The molecule has 120 valence electrons. The van der Waals surface area contributed by atoms with Crippen LogP contribution in [0.15, 0.2) is 0 Å². The van der Waals surface area contributed by atoms with E-state index in [2.05, 4.69) is 51.9 Å². The highest BCUT2D eigenvalue weighted by Gasteiger charge is 2.26. The first kappa shape index (κ1) is 16.8. The zero-order chi connectivity index (χ0) is 15.6. The molecule has 1 N–H and O–H groups in total. The van der Waals surface area contributed by atoms with Gasteiger partial charge in [-0.15, -0.1) is 11.3 Å². The molecule has 1 aliphatic rings. The maximum absolute atomic E-state index is 4.96. The van der Waals surface area contributed by atoms with E-state index in [9.17, 15) is 0 Å². The van der Waals surface area contributed by atoms with Crippen molar-refractivity contribution in [3.05, 3.63) is 10.6 Å². The highest BCUT2D eigenvalue weighted by Crippen LogP contribution is 2.34. The van der Waals surface area contributed by atoms with Crippen LogP contribution in [0.4, 0.5) is 5.13 Å². The van der Waals surface area contributed by atoms with Gasteiger partial charge in [0.2, 0.25) is 0 Å². The average molecular weight is 310 g/mol. The van der Waals surface area contributed by atoms with Gasteiger partial charge in [-0.25, -0.2) is 4.98 Å². The van der Waals surface area contributed by atoms with Gasteiger partial charge in [0.15, 0.2) is 5.13 Å². The lowest BCUT2D eigenvalue weighted by atomic mass is 9.91. The minimum atomic E-state index is 0.119. The molecule has 1 heterocycles. The molecule has 4 heteroatoms. The maximum Gasteiger partial charge on any atom is 0.185 e. The van der Waals surface area contributed by atoms with Gasteiger partial charge >= 0.3 is 0 Å². The molecule has 2 rings (SSSR count). The predicted molar refractivity (Wildman–Crippen MR) is 93.4 cm³/mol. The van der Waals surface area contributed by atoms with Crippen LogP contribution in [0.2, 0.25) is 0 Å². The number of anilines is 1. The van der Waals surface area contributed by atoms with E-state index in [1.54, 1.807) is 0 Å². The molecule has 1 aliphatic carbocycles. The van der Waals surface area contributed by atoms with Gasteiger partial charge in [-0.1, -0.05) is 34.6 Å². The third-order valence-corrected chi connectivity index (χ3v) is 5.06. The summed E-state index contributed by atoms with van der Waals surface area (Å²) < 4.78 is 0. The summed E-state index contributed by atoms with van der Waals surface area (Å²) in [7, 11) is 2.17. The minimum Gasteiger partial charge on any atom is -0.351 e. The van der Waals surface area contributed by atoms with E-state index in [1.807, 2.05) is 11.3 Å². The quantitative estimate of drug-likeness (QED) is 0.819. The number of hydrogen-bond donors (Lipinski definition) is 1. The summed E-state index contributed by atoms with van der Waals surface area (Å²) in [6.07, 6.45) is 3.90. The van der Waals surface area contributed by atoms with Crippen LogP contribution in [0.1, 0.15) is 64.5 Å². The number of thiazole rings is 1. The largest absolute Gasteiger partial charge is 0.351 e. The fourth-order valence-electron chi connectivity index (χ4n) is 2.28. The second-order valence-electron chi connectivity index (χ2n) is 7.78. The minimum absolute atomic E-state index is 0.119. The van der Waals surface area contributed by atoms with Crippen molar-refractivity contribution in [1.82, 2.24) is 10.3 Å². The molecule has 1 aromatic rings. The van der Waals surface area contributed by atoms with Gasteiger partial charge in [-0.2, -0.15) is 0 Å². The summed E-state index contributed by atoms with van der Waals surface area (Å²) in [6, 6.07) is 0.752. The summed E-state index contributed by atoms with van der Waals surface area (Å²) in [4.78, 5) is 8.70. The third kappa shape index (κ3) is 4.96. The van der Waals surface area contributed by atoms with Crippen molar-refractivity contribution in [3.8, 4) is 0 Å². The second kappa shape index (κ2) is 6.66. The Labute approximate surface area is 134 Å². The van der Waals surface area contributed by atoms with Crippen molar-refractivity contribution < 1.29 is 0 Å². The predicted octanol–water partition coefficient (Wildman–Crippen LogP) is 4.17. The summed E-state index contributed by atoms with van der Waals surface area (Å²) >= 11 is 1.87. The Bertz CT molecular complexity index is 455. The molecule has 0 amide bonds. The lowest BCUT2D eigenvalue weighted by Gasteiger charge is -2.19. The Hall–Kier alpha value is -0.610. The lowest BCUT2D eigenvalue weighted by molar-refractivity contribution is 0.556. The first-order valence-electron chi connectivity index (χ1n) is 8.22. The van der Waals surface area contributed by atoms with Crippen LogP contribution in [0.25, 0.3) is 0 Å². The highest BCUT2D eigenvalue weighted by molar-refractivity contribution is 7.15. The van der Waals surface area contributed by atoms with Gasteiger partial charge < -0.3 is 10.2 Å². The monoisotopic (exact) mass is 309 g/mol. The molecule has 3 nitrogen and oxygen atoms in total. The molecule has 0 spiro atoms. The summed E-state index contributed by atoms with van der Waals surface area (Å²) in [5.41, 5.74) is 1.39. The SMILES string of the molecule is CC(C)CCN(C)c1nc(C(C)(C)C)c(CNC2CC2)s1. The molecule has 1 saturated carbocycles. The van der Waals surface area contributed by atoms with Crippen molar-refractivity contribution in [3.63, 3.8) is 0 Å². The lowest BCUT2D eigenvalue weighted by Crippen LogP contribution is -2.21. The van der Waals surface area contributed by atoms with Crippen molar-refractivity contribution in [2.24, 2.45) is 5.92 Å². The van der Waals surface area contributed by atoms with Crippen molar-refractivity contribution in [2.75, 3.05) is 18.5 Å². The molecule has 0 aromatic carbocycles. The summed E-state index contributed by atoms with van der Waals surface area (Å²) in [6.45, 7) is 13.4. The smallest absolute Gasteiger partial charge is 0.185 e. The Morgan fingerprint density at radius 1 is 1.33 bits per heavy atom. The van der Waals surface area contributed by atoms with E-state index < -0.39 is 0 Å². The molecule has 0 bridgehead atoms. The van der Waals surface area contributed by atoms with Crippen LogP contribution in [-0.4, -0.2) is 24.6 Å². The Kier molecular flexibility index (Phi) is 5.31. The summed E-state index contributed by atoms with van der Waals surface area (Å²) in [5, 5.41) is 4.81. The van der Waals surface area contributed by atoms with E-state index in [0.29, 0.717) is 0 Å². The molecule has 0 saturated heterocycles. The molecule has 0 atom stereocenters. The number of nitrogens with one attached hydrogen (secondary N) is 1. The van der Waals surface area contributed by atoms with Gasteiger partial charge in [-0.3, -0.25) is 0 Å². The van der Waals surface area contributed by atoms with Crippen LogP contribution in [0, 0.1) is 5.92 Å². The van der Waals surface area contributed by atoms with E-state index >= 15 is 0 Å². The van der Waals surface area contributed by atoms with E-state index in [-0.39, 0.29) is 5.41 Å². The number of nitrogens with zero attached hydrogens (tertiary/aromatic N) is 2. The van der Waals surface area contributed by atoms with Crippen LogP contribution >= 0.6 is 11.3 Å². The van der Waals surface area contributed by atoms with Crippen LogP contribution in [0.3, 0.4) is 0 Å². The Balaban J connectivity index is 2.10. The maximum atomic E-state index is 4.96. The highest BCUT2D eigenvalue weighted by atomic mass is 32.1. The molecular formula is C17H31N3S. The van der Waals surface area contributed by atoms with Gasteiger partial charge in [-0.05, 0) is 25.2 Å².